The number of nitrogens with zero attached hydrogens (tertiary/aromatic N) is 3. The Morgan fingerprint density at radius 2 is 1.81 bits per heavy atom. The second-order valence-corrected chi connectivity index (χ2v) is 9.21. The molecule has 2 amide bonds. The fourth-order valence-electron chi connectivity index (χ4n) is 3.73. The minimum absolute atomic E-state index is 0.0978. The molecule has 2 aliphatic heterocycles. The van der Waals surface area contributed by atoms with Crippen molar-refractivity contribution in [2.45, 2.75) is 37.8 Å². The number of hydrogen-bond acceptors (Lipinski definition) is 6. The Hall–Kier alpha value is -2.89. The van der Waals surface area contributed by atoms with Crippen LogP contribution in [-0.4, -0.2) is 41.0 Å². The lowest BCUT2D eigenvalue weighted by Gasteiger charge is -2.29. The third kappa shape index (κ3) is 4.51. The molecule has 14 heteroatoms. The largest absolute Gasteiger partial charge is 0.435 e. The van der Waals surface area contributed by atoms with Crippen LogP contribution in [0.25, 0.3) is 0 Å². The summed E-state index contributed by atoms with van der Waals surface area (Å²) in [4.78, 5) is 35.1. The van der Waals surface area contributed by atoms with Gasteiger partial charge >= 0.3 is 6.18 Å². The molecule has 0 bridgehead atoms. The van der Waals surface area contributed by atoms with Crippen molar-refractivity contribution in [1.29, 1.82) is 0 Å². The summed E-state index contributed by atoms with van der Waals surface area (Å²) in [6.07, 6.45) is -6.26. The molecule has 2 aliphatic rings. The maximum Gasteiger partial charge on any atom is 0.435 e. The molecule has 36 heavy (non-hydrogen) atoms. The number of carbonyl (C=O) groups is 2. The molecule has 2 aromatic carbocycles. The maximum atomic E-state index is 14.2. The fraction of sp³-hybridized carbons (Fsp3) is 0.273. The van der Waals surface area contributed by atoms with E-state index in [0.29, 0.717) is 5.71 Å². The number of alkyl halides is 3. The zero-order valence-electron chi connectivity index (χ0n) is 18.1. The van der Waals surface area contributed by atoms with Crippen molar-refractivity contribution in [3.8, 4) is 0 Å². The summed E-state index contributed by atoms with van der Waals surface area (Å²) in [6.45, 7) is 1.66. The van der Waals surface area contributed by atoms with E-state index in [1.807, 2.05) is 0 Å². The number of hydrogen-bond donors (Lipinski definition) is 0. The fourth-order valence-corrected chi connectivity index (χ4v) is 4.48. The lowest BCUT2D eigenvalue weighted by Crippen LogP contribution is -2.42. The van der Waals surface area contributed by atoms with E-state index in [0.717, 1.165) is 17.0 Å². The second kappa shape index (κ2) is 9.53. The van der Waals surface area contributed by atoms with Crippen LogP contribution in [0, 0.1) is 5.82 Å². The van der Waals surface area contributed by atoms with E-state index in [-0.39, 0.29) is 34.7 Å². The Morgan fingerprint density at radius 1 is 1.14 bits per heavy atom. The summed E-state index contributed by atoms with van der Waals surface area (Å²) in [6, 6.07) is 5.30. The minimum Gasteiger partial charge on any atom is -0.374 e. The minimum atomic E-state index is -4.99. The van der Waals surface area contributed by atoms with Crippen LogP contribution in [0.5, 0.6) is 0 Å². The highest BCUT2D eigenvalue weighted by Gasteiger charge is 2.62. The molecule has 0 aromatic heterocycles. The molecule has 4 rings (SSSR count). The van der Waals surface area contributed by atoms with Crippen molar-refractivity contribution >= 4 is 58.5 Å². The van der Waals surface area contributed by atoms with E-state index < -0.39 is 51.8 Å². The van der Waals surface area contributed by atoms with Gasteiger partial charge in [-0.3, -0.25) is 9.59 Å². The lowest BCUT2D eigenvalue weighted by atomic mass is 9.86. The van der Waals surface area contributed by atoms with Crippen molar-refractivity contribution in [2.75, 3.05) is 0 Å². The zero-order valence-corrected chi connectivity index (χ0v) is 20.3. The molecule has 0 aliphatic carbocycles. The summed E-state index contributed by atoms with van der Waals surface area (Å²) in [7, 11) is 0. The number of rotatable bonds is 5. The van der Waals surface area contributed by atoms with Gasteiger partial charge in [0.15, 0.2) is 5.82 Å². The topological polar surface area (TPSA) is 80.6 Å². The van der Waals surface area contributed by atoms with E-state index >= 15 is 0 Å². The van der Waals surface area contributed by atoms with Gasteiger partial charge in [-0.2, -0.15) is 13.2 Å². The molecule has 7 nitrogen and oxygen atoms in total. The van der Waals surface area contributed by atoms with Gasteiger partial charge in [-0.15, -0.1) is 0 Å². The molecular weight excluding hydrogens is 553 g/mol. The van der Waals surface area contributed by atoms with Gasteiger partial charge in [-0.1, -0.05) is 51.2 Å². The average molecular weight is 567 g/mol. The Bertz CT molecular complexity index is 1290. The van der Waals surface area contributed by atoms with E-state index in [1.165, 1.54) is 18.2 Å². The number of halogens is 7. The van der Waals surface area contributed by atoms with Crippen molar-refractivity contribution in [2.24, 2.45) is 10.3 Å². The van der Waals surface area contributed by atoms with Crippen LogP contribution in [0.1, 0.15) is 41.3 Å². The Kier molecular flexibility index (Phi) is 6.93. The number of benzene rings is 2. The number of amides is 2. The van der Waals surface area contributed by atoms with E-state index in [4.69, 9.17) is 44.5 Å². The first kappa shape index (κ1) is 26.2. The van der Waals surface area contributed by atoms with Gasteiger partial charge in [-0.25, -0.2) is 9.29 Å². The molecule has 0 spiro atoms. The molecular formula is C22H14Cl3F4N3O4. The molecule has 0 saturated heterocycles. The van der Waals surface area contributed by atoms with Gasteiger partial charge in [-0.05, 0) is 31.2 Å². The van der Waals surface area contributed by atoms with Gasteiger partial charge in [0.05, 0.1) is 32.1 Å². The van der Waals surface area contributed by atoms with Crippen molar-refractivity contribution in [3.05, 3.63) is 67.9 Å². The van der Waals surface area contributed by atoms with Crippen molar-refractivity contribution in [3.63, 3.8) is 0 Å². The molecule has 0 radical (unpaired) electrons. The summed E-state index contributed by atoms with van der Waals surface area (Å²) < 4.78 is 56.4. The first-order chi connectivity index (χ1) is 16.9. The number of oxime groups is 2. The maximum absolute atomic E-state index is 14.2. The highest BCUT2D eigenvalue weighted by atomic mass is 35.5. The normalized spacial score (nSPS) is 21.4. The first-order valence-corrected chi connectivity index (χ1v) is 11.3. The summed E-state index contributed by atoms with van der Waals surface area (Å²) >= 11 is 17.7. The Labute approximate surface area is 216 Å². The van der Waals surface area contributed by atoms with Gasteiger partial charge in [0.25, 0.3) is 11.5 Å². The monoisotopic (exact) mass is 565 g/mol. The standard InChI is InChI=1S/C22H14Cl3F4N3O4/c1-10-4-18(35-30-10)32(9-33)20(34)13-3-2-11(5-14(13)23)17-8-21(36-31-17,22(27,28)29)12-6-15(24)19(26)16(25)7-12/h2-3,5-7,9,18H,4,8H2,1H3/t18?,21-/m0/s1. The van der Waals surface area contributed by atoms with Crippen LogP contribution in [0.2, 0.25) is 15.1 Å². The molecule has 0 saturated carbocycles. The van der Waals surface area contributed by atoms with E-state index in [9.17, 15) is 27.2 Å². The Morgan fingerprint density at radius 3 is 2.33 bits per heavy atom. The molecule has 190 valence electrons. The van der Waals surface area contributed by atoms with Gasteiger partial charge < -0.3 is 9.68 Å². The van der Waals surface area contributed by atoms with Crippen LogP contribution >= 0.6 is 34.8 Å². The van der Waals surface area contributed by atoms with Gasteiger partial charge in [0, 0.05) is 24.0 Å². The third-order valence-corrected chi connectivity index (χ3v) is 6.49. The lowest BCUT2D eigenvalue weighted by molar-refractivity contribution is -0.275. The molecule has 0 fully saturated rings. The van der Waals surface area contributed by atoms with Gasteiger partial charge in [0.1, 0.15) is 0 Å². The summed E-state index contributed by atoms with van der Waals surface area (Å²) in [5, 5.41) is 5.91. The van der Waals surface area contributed by atoms with Crippen LogP contribution in [0.4, 0.5) is 17.6 Å². The summed E-state index contributed by atoms with van der Waals surface area (Å²) in [5.41, 5.74) is -3.08. The average Bonchev–Trinajstić information content (AvgIpc) is 3.45. The van der Waals surface area contributed by atoms with E-state index in [1.54, 1.807) is 6.92 Å². The van der Waals surface area contributed by atoms with Crippen molar-refractivity contribution in [1.82, 2.24) is 4.90 Å². The molecule has 2 heterocycles. The molecule has 0 N–H and O–H groups in total. The summed E-state index contributed by atoms with van der Waals surface area (Å²) in [5.74, 6) is -1.86. The predicted octanol–water partition coefficient (Wildman–Crippen LogP) is 6.09. The SMILES string of the molecule is CC1=NOC(N(C=O)C(=O)c2ccc(C3=NO[C@@](c4cc(Cl)c(F)c(Cl)c4)(C(F)(F)F)C3)cc2Cl)C1. The number of carbonyl (C=O) groups excluding carboxylic acids is 2. The zero-order chi connectivity index (χ0) is 26.4. The van der Waals surface area contributed by atoms with Crippen LogP contribution < -0.4 is 0 Å². The third-order valence-electron chi connectivity index (χ3n) is 5.63. The highest BCUT2D eigenvalue weighted by molar-refractivity contribution is 6.35. The van der Waals surface area contributed by atoms with Crippen molar-refractivity contribution < 1.29 is 36.8 Å². The first-order valence-electron chi connectivity index (χ1n) is 10.1. The molecule has 1 unspecified atom stereocenters. The van der Waals surface area contributed by atoms with Gasteiger partial charge in [0.2, 0.25) is 12.6 Å². The predicted molar refractivity (Wildman–Crippen MR) is 123 cm³/mol. The smallest absolute Gasteiger partial charge is 0.374 e. The molecule has 2 aromatic rings. The highest BCUT2D eigenvalue weighted by Crippen LogP contribution is 2.50. The Balaban J connectivity index is 1.62. The van der Waals surface area contributed by atoms with Crippen LogP contribution in [-0.2, 0) is 20.1 Å². The van der Waals surface area contributed by atoms with Crippen LogP contribution in [0.3, 0.4) is 0 Å². The second-order valence-electron chi connectivity index (χ2n) is 7.99. The number of imide groups is 1. The molecule has 2 atom stereocenters. The van der Waals surface area contributed by atoms with Crippen LogP contribution in [0.15, 0.2) is 40.6 Å². The van der Waals surface area contributed by atoms with E-state index in [2.05, 4.69) is 10.3 Å². The quantitative estimate of drug-likeness (QED) is 0.249.